The molecule has 0 radical (unpaired) electrons. The predicted octanol–water partition coefficient (Wildman–Crippen LogP) is 5.14. The van der Waals surface area contributed by atoms with Gasteiger partial charge in [0, 0.05) is 12.6 Å². The normalized spacial score (nSPS) is 11.7. The van der Waals surface area contributed by atoms with E-state index in [1.807, 2.05) is 74.5 Å². The van der Waals surface area contributed by atoms with E-state index in [-0.39, 0.29) is 17.8 Å². The molecular weight excluding hydrogens is 456 g/mol. The van der Waals surface area contributed by atoms with Crippen molar-refractivity contribution in [2.75, 3.05) is 19.0 Å². The molecule has 0 saturated heterocycles. The van der Waals surface area contributed by atoms with Crippen LogP contribution in [0.4, 0.5) is 10.5 Å². The first-order chi connectivity index (χ1) is 17.4. The lowest BCUT2D eigenvalue weighted by Crippen LogP contribution is -2.39. The van der Waals surface area contributed by atoms with E-state index in [1.54, 1.807) is 35.8 Å². The van der Waals surface area contributed by atoms with Crippen LogP contribution in [0, 0.1) is 0 Å². The summed E-state index contributed by atoms with van der Waals surface area (Å²) in [7, 11) is 3.30. The fourth-order valence-electron chi connectivity index (χ4n) is 4.21. The van der Waals surface area contributed by atoms with Crippen LogP contribution < -0.4 is 20.3 Å². The number of carbonyl (C=O) groups excluding carboxylic acids is 1. The molecule has 1 heterocycles. The molecule has 8 heteroatoms. The van der Waals surface area contributed by atoms with Gasteiger partial charge >= 0.3 is 6.03 Å². The maximum absolute atomic E-state index is 13.7. The molecule has 0 spiro atoms. The van der Waals surface area contributed by atoms with E-state index >= 15 is 0 Å². The van der Waals surface area contributed by atoms with Gasteiger partial charge in [0.05, 0.1) is 43.0 Å². The lowest BCUT2D eigenvalue weighted by atomic mass is 10.1. The van der Waals surface area contributed by atoms with E-state index in [0.29, 0.717) is 29.3 Å². The number of aromatic nitrogens is 2. The average molecular weight is 487 g/mol. The molecule has 0 aliphatic rings. The van der Waals surface area contributed by atoms with Crippen molar-refractivity contribution in [3.8, 4) is 11.5 Å². The first-order valence-electron chi connectivity index (χ1n) is 11.8. The molecule has 4 aromatic rings. The van der Waals surface area contributed by atoms with E-state index < -0.39 is 12.1 Å². The third kappa shape index (κ3) is 5.02. The fourth-order valence-corrected chi connectivity index (χ4v) is 4.21. The molecule has 0 bridgehead atoms. The molecule has 0 unspecified atom stereocenters. The molecule has 186 valence electrons. The smallest absolute Gasteiger partial charge is 0.322 e. The second-order valence-corrected chi connectivity index (χ2v) is 8.32. The van der Waals surface area contributed by atoms with Gasteiger partial charge in [-0.2, -0.15) is 0 Å². The number of hydrogen-bond donors (Lipinski definition) is 1. The topological polar surface area (TPSA) is 85.7 Å². The number of rotatable bonds is 8. The minimum atomic E-state index is -0.432. The Hall–Kier alpha value is -4.33. The summed E-state index contributed by atoms with van der Waals surface area (Å²) in [6.07, 6.45) is 0. The second-order valence-electron chi connectivity index (χ2n) is 8.32. The van der Waals surface area contributed by atoms with Crippen molar-refractivity contribution < 1.29 is 14.3 Å². The largest absolute Gasteiger partial charge is 0.496 e. The number of para-hydroxylation sites is 5. The molecule has 0 aliphatic heterocycles. The second kappa shape index (κ2) is 10.9. The van der Waals surface area contributed by atoms with Gasteiger partial charge in [-0.05, 0) is 44.2 Å². The highest BCUT2D eigenvalue weighted by Crippen LogP contribution is 2.31. The van der Waals surface area contributed by atoms with Crippen LogP contribution >= 0.6 is 0 Å². The maximum Gasteiger partial charge on any atom is 0.322 e. The minimum absolute atomic E-state index is 0.000637. The monoisotopic (exact) mass is 486 g/mol. The molecule has 1 aromatic heterocycles. The van der Waals surface area contributed by atoms with Gasteiger partial charge in [-0.25, -0.2) is 9.78 Å². The number of aryl methyl sites for hydroxylation is 1. The van der Waals surface area contributed by atoms with Crippen LogP contribution in [0.2, 0.25) is 0 Å². The van der Waals surface area contributed by atoms with Crippen molar-refractivity contribution in [2.45, 2.75) is 26.4 Å². The van der Waals surface area contributed by atoms with E-state index in [4.69, 9.17) is 9.47 Å². The van der Waals surface area contributed by atoms with Gasteiger partial charge in [-0.15, -0.1) is 0 Å². The number of ether oxygens (including phenoxy) is 2. The Balaban J connectivity index is 1.76. The van der Waals surface area contributed by atoms with Crippen LogP contribution in [0.15, 0.2) is 77.6 Å². The van der Waals surface area contributed by atoms with Gasteiger partial charge < -0.3 is 24.3 Å². The van der Waals surface area contributed by atoms with Crippen LogP contribution in [-0.2, 0) is 13.6 Å². The highest BCUT2D eigenvalue weighted by atomic mass is 16.5. The number of nitrogens with one attached hydrogen (secondary N) is 1. The summed E-state index contributed by atoms with van der Waals surface area (Å²) in [5.41, 5.74) is 2.78. The number of fused-ring (bicyclic) bond motifs is 1. The molecule has 0 aliphatic carbocycles. The lowest BCUT2D eigenvalue weighted by molar-refractivity contribution is 0.186. The predicted molar refractivity (Wildman–Crippen MR) is 141 cm³/mol. The van der Waals surface area contributed by atoms with Crippen molar-refractivity contribution in [2.24, 2.45) is 7.05 Å². The summed E-state index contributed by atoms with van der Waals surface area (Å²) < 4.78 is 12.8. The SMILES string of the molecule is CCOc1ccccc1NC(=O)N(Cc1nc2ccccc2n(C)c1=O)[C@@H](C)c1ccccc1OC. The molecular formula is C28H30N4O4. The van der Waals surface area contributed by atoms with Gasteiger partial charge in [-0.3, -0.25) is 4.79 Å². The number of carbonyl (C=O) groups is 1. The fraction of sp³-hybridized carbons (Fsp3) is 0.250. The zero-order chi connectivity index (χ0) is 25.7. The zero-order valence-electron chi connectivity index (χ0n) is 20.9. The summed E-state index contributed by atoms with van der Waals surface area (Å²) >= 11 is 0. The van der Waals surface area contributed by atoms with Crippen molar-refractivity contribution in [3.05, 3.63) is 94.4 Å². The van der Waals surface area contributed by atoms with Gasteiger partial charge in [0.15, 0.2) is 0 Å². The quantitative estimate of drug-likeness (QED) is 0.373. The Labute approximate surface area is 210 Å². The molecule has 0 saturated carbocycles. The molecule has 36 heavy (non-hydrogen) atoms. The van der Waals surface area contributed by atoms with E-state index in [2.05, 4.69) is 10.3 Å². The minimum Gasteiger partial charge on any atom is -0.496 e. The number of nitrogens with zero attached hydrogens (tertiary/aromatic N) is 3. The zero-order valence-corrected chi connectivity index (χ0v) is 20.9. The number of benzene rings is 3. The van der Waals surface area contributed by atoms with Crippen molar-refractivity contribution in [3.63, 3.8) is 0 Å². The van der Waals surface area contributed by atoms with Gasteiger partial charge in [-0.1, -0.05) is 42.5 Å². The Morgan fingerprint density at radius 2 is 1.69 bits per heavy atom. The van der Waals surface area contributed by atoms with E-state index in [9.17, 15) is 9.59 Å². The number of hydrogen-bond acceptors (Lipinski definition) is 5. The summed E-state index contributed by atoms with van der Waals surface area (Å²) in [4.78, 5) is 33.1. The van der Waals surface area contributed by atoms with Crippen molar-refractivity contribution in [1.29, 1.82) is 0 Å². The Kier molecular flexibility index (Phi) is 7.53. The van der Waals surface area contributed by atoms with E-state index in [0.717, 1.165) is 11.1 Å². The van der Waals surface area contributed by atoms with Crippen LogP contribution in [0.3, 0.4) is 0 Å². The highest BCUT2D eigenvalue weighted by molar-refractivity contribution is 5.91. The Morgan fingerprint density at radius 3 is 2.44 bits per heavy atom. The Morgan fingerprint density at radius 1 is 1.03 bits per heavy atom. The number of anilines is 1. The highest BCUT2D eigenvalue weighted by Gasteiger charge is 2.27. The number of amides is 2. The molecule has 1 N–H and O–H groups in total. The van der Waals surface area contributed by atoms with Crippen molar-refractivity contribution >= 4 is 22.8 Å². The van der Waals surface area contributed by atoms with Crippen LogP contribution in [0.1, 0.15) is 31.1 Å². The maximum atomic E-state index is 13.7. The summed E-state index contributed by atoms with van der Waals surface area (Å²) in [5.74, 6) is 1.22. The molecule has 2 amide bonds. The summed E-state index contributed by atoms with van der Waals surface area (Å²) in [6.45, 7) is 4.25. The van der Waals surface area contributed by atoms with Crippen LogP contribution in [0.5, 0.6) is 11.5 Å². The molecule has 0 fully saturated rings. The molecule has 8 nitrogen and oxygen atoms in total. The van der Waals surface area contributed by atoms with Crippen LogP contribution in [0.25, 0.3) is 11.0 Å². The van der Waals surface area contributed by atoms with Gasteiger partial charge in [0.25, 0.3) is 5.56 Å². The third-order valence-electron chi connectivity index (χ3n) is 6.12. The van der Waals surface area contributed by atoms with Crippen molar-refractivity contribution in [1.82, 2.24) is 14.5 Å². The lowest BCUT2D eigenvalue weighted by Gasteiger charge is -2.30. The number of methoxy groups -OCH3 is 1. The molecule has 1 atom stereocenters. The summed E-state index contributed by atoms with van der Waals surface area (Å²) in [5, 5.41) is 2.96. The number of urea groups is 1. The molecule has 3 aromatic carbocycles. The first kappa shape index (κ1) is 24.8. The summed E-state index contributed by atoms with van der Waals surface area (Å²) in [6, 6.07) is 21.4. The first-order valence-corrected chi connectivity index (χ1v) is 11.8. The average Bonchev–Trinajstić information content (AvgIpc) is 2.90. The third-order valence-corrected chi connectivity index (χ3v) is 6.12. The van der Waals surface area contributed by atoms with Gasteiger partial charge in [0.1, 0.15) is 17.2 Å². The molecule has 4 rings (SSSR count). The van der Waals surface area contributed by atoms with Crippen LogP contribution in [-0.4, -0.2) is 34.2 Å². The van der Waals surface area contributed by atoms with Gasteiger partial charge in [0.2, 0.25) is 0 Å². The standard InChI is InChI=1S/C28H30N4O4/c1-5-36-26-17-11-8-14-22(26)30-28(34)32(19(2)20-12-6-10-16-25(20)35-4)18-23-27(33)31(3)24-15-9-7-13-21(24)29-23/h6-17,19H,5,18H2,1-4H3,(H,30,34)/t19-/m0/s1. The van der Waals surface area contributed by atoms with E-state index in [1.165, 1.54) is 0 Å². The Bertz CT molecular complexity index is 1430.